The molecule has 0 saturated carbocycles. The van der Waals surface area contributed by atoms with Crippen LogP contribution in [0.4, 0.5) is 0 Å². The molecule has 0 radical (unpaired) electrons. The van der Waals surface area contributed by atoms with Gasteiger partial charge in [0.2, 0.25) is 0 Å². The van der Waals surface area contributed by atoms with Crippen molar-refractivity contribution in [2.24, 2.45) is 0 Å². The molecule has 1 aliphatic rings. The Labute approximate surface area is 135 Å². The average molecular weight is 331 g/mol. The molecule has 0 aromatic heterocycles. The minimum absolute atomic E-state index is 0.225. The van der Waals surface area contributed by atoms with Gasteiger partial charge in [0.25, 0.3) is 0 Å². The molecule has 0 atom stereocenters. The molecule has 116 valence electrons. The van der Waals surface area contributed by atoms with Gasteiger partial charge in [-0.3, -0.25) is 4.79 Å². The lowest BCUT2D eigenvalue weighted by molar-refractivity contribution is -0.137. The van der Waals surface area contributed by atoms with Gasteiger partial charge in [-0.2, -0.15) is 0 Å². The van der Waals surface area contributed by atoms with Gasteiger partial charge in [-0.1, -0.05) is 29.3 Å². The molecule has 1 heterocycles. The van der Waals surface area contributed by atoms with Crippen molar-refractivity contribution in [3.63, 3.8) is 0 Å². The topological polar surface area (TPSA) is 43.8 Å². The summed E-state index contributed by atoms with van der Waals surface area (Å²) in [5.41, 5.74) is 1.19. The van der Waals surface area contributed by atoms with Crippen LogP contribution < -0.4 is 0 Å². The summed E-state index contributed by atoms with van der Waals surface area (Å²) in [6.07, 6.45) is 1.18. The van der Waals surface area contributed by atoms with Crippen LogP contribution in [-0.2, 0) is 11.2 Å². The summed E-state index contributed by atoms with van der Waals surface area (Å²) >= 11 is 11.9. The van der Waals surface area contributed by atoms with E-state index in [1.807, 2.05) is 18.2 Å². The Kier molecular flexibility index (Phi) is 6.30. The summed E-state index contributed by atoms with van der Waals surface area (Å²) < 4.78 is 0. The van der Waals surface area contributed by atoms with E-state index < -0.39 is 5.97 Å². The average Bonchev–Trinajstić information content (AvgIpc) is 2.47. The second kappa shape index (κ2) is 7.99. The molecular formula is C15H20Cl2N2O2. The number of benzene rings is 1. The Morgan fingerprint density at radius 2 is 1.67 bits per heavy atom. The maximum Gasteiger partial charge on any atom is 0.304 e. The van der Waals surface area contributed by atoms with E-state index in [0.717, 1.165) is 39.1 Å². The zero-order valence-corrected chi connectivity index (χ0v) is 13.4. The number of hydrogen-bond acceptors (Lipinski definition) is 3. The first kappa shape index (κ1) is 16.6. The molecule has 6 heteroatoms. The van der Waals surface area contributed by atoms with Crippen LogP contribution in [0.15, 0.2) is 18.2 Å². The Balaban J connectivity index is 1.71. The number of carboxylic acid groups (broad SMARTS) is 1. The van der Waals surface area contributed by atoms with E-state index in [-0.39, 0.29) is 6.42 Å². The van der Waals surface area contributed by atoms with Gasteiger partial charge in [0, 0.05) is 39.3 Å². The molecule has 0 unspecified atom stereocenters. The van der Waals surface area contributed by atoms with Crippen molar-refractivity contribution in [2.75, 3.05) is 39.3 Å². The van der Waals surface area contributed by atoms with Crippen LogP contribution >= 0.6 is 23.2 Å². The molecule has 1 aromatic carbocycles. The largest absolute Gasteiger partial charge is 0.481 e. The predicted molar refractivity (Wildman–Crippen MR) is 85.3 cm³/mol. The maximum absolute atomic E-state index is 10.6. The van der Waals surface area contributed by atoms with Crippen molar-refractivity contribution in [1.82, 2.24) is 9.80 Å². The molecule has 1 aromatic rings. The van der Waals surface area contributed by atoms with Crippen LogP contribution in [0.1, 0.15) is 12.0 Å². The fraction of sp³-hybridized carbons (Fsp3) is 0.533. The van der Waals surface area contributed by atoms with Crippen molar-refractivity contribution in [2.45, 2.75) is 12.8 Å². The number of rotatable bonds is 6. The lowest BCUT2D eigenvalue weighted by Crippen LogP contribution is -2.47. The van der Waals surface area contributed by atoms with Gasteiger partial charge in [-0.25, -0.2) is 0 Å². The minimum Gasteiger partial charge on any atom is -0.481 e. The standard InChI is InChI=1S/C15H20Cl2N2O2/c16-13-2-1-12(11-14(13)17)3-5-18-7-9-19(10-8-18)6-4-15(20)21/h1-2,11H,3-10H2,(H,20,21). The second-order valence-corrected chi connectivity index (χ2v) is 6.14. The third kappa shape index (κ3) is 5.47. The number of carbonyl (C=O) groups is 1. The van der Waals surface area contributed by atoms with Crippen molar-refractivity contribution >= 4 is 29.2 Å². The normalized spacial score (nSPS) is 17.0. The van der Waals surface area contributed by atoms with Gasteiger partial charge in [-0.05, 0) is 24.1 Å². The number of hydrogen-bond donors (Lipinski definition) is 1. The van der Waals surface area contributed by atoms with Crippen molar-refractivity contribution in [3.8, 4) is 0 Å². The molecule has 1 saturated heterocycles. The number of piperazine rings is 1. The highest BCUT2D eigenvalue weighted by atomic mass is 35.5. The Hall–Kier alpha value is -0.810. The second-order valence-electron chi connectivity index (χ2n) is 5.33. The molecule has 1 aliphatic heterocycles. The molecule has 2 rings (SSSR count). The molecule has 1 N–H and O–H groups in total. The summed E-state index contributed by atoms with van der Waals surface area (Å²) in [5, 5.41) is 9.89. The monoisotopic (exact) mass is 330 g/mol. The first-order valence-corrected chi connectivity index (χ1v) is 7.90. The summed E-state index contributed by atoms with van der Waals surface area (Å²) in [5.74, 6) is -0.725. The maximum atomic E-state index is 10.6. The predicted octanol–water partition coefficient (Wildman–Crippen LogP) is 2.63. The summed E-state index contributed by atoms with van der Waals surface area (Å²) in [7, 11) is 0. The van der Waals surface area contributed by atoms with E-state index in [4.69, 9.17) is 28.3 Å². The Bertz CT molecular complexity index is 489. The molecular weight excluding hydrogens is 311 g/mol. The highest BCUT2D eigenvalue weighted by Crippen LogP contribution is 2.22. The van der Waals surface area contributed by atoms with Crippen molar-refractivity contribution in [1.29, 1.82) is 0 Å². The molecule has 0 aliphatic carbocycles. The van der Waals surface area contributed by atoms with Crippen molar-refractivity contribution in [3.05, 3.63) is 33.8 Å². The van der Waals surface area contributed by atoms with E-state index in [1.54, 1.807) is 0 Å². The van der Waals surface area contributed by atoms with Gasteiger partial charge in [0.1, 0.15) is 0 Å². The van der Waals surface area contributed by atoms with Crippen LogP contribution in [0, 0.1) is 0 Å². The van der Waals surface area contributed by atoms with Gasteiger partial charge >= 0.3 is 5.97 Å². The van der Waals surface area contributed by atoms with E-state index in [0.29, 0.717) is 16.6 Å². The van der Waals surface area contributed by atoms with Gasteiger partial charge in [0.15, 0.2) is 0 Å². The molecule has 0 spiro atoms. The summed E-state index contributed by atoms with van der Waals surface area (Å²) in [6, 6.07) is 5.77. The van der Waals surface area contributed by atoms with Crippen molar-refractivity contribution < 1.29 is 9.90 Å². The molecule has 0 amide bonds. The van der Waals surface area contributed by atoms with E-state index in [1.165, 1.54) is 5.56 Å². The van der Waals surface area contributed by atoms with Crippen LogP contribution in [-0.4, -0.2) is 60.1 Å². The first-order chi connectivity index (χ1) is 10.0. The quantitative estimate of drug-likeness (QED) is 0.870. The van der Waals surface area contributed by atoms with Gasteiger partial charge in [-0.15, -0.1) is 0 Å². The number of nitrogens with zero attached hydrogens (tertiary/aromatic N) is 2. The lowest BCUT2D eigenvalue weighted by Gasteiger charge is -2.34. The molecule has 0 bridgehead atoms. The first-order valence-electron chi connectivity index (χ1n) is 7.15. The molecule has 4 nitrogen and oxygen atoms in total. The molecule has 1 fully saturated rings. The van der Waals surface area contributed by atoms with E-state index >= 15 is 0 Å². The zero-order chi connectivity index (χ0) is 15.2. The summed E-state index contributed by atoms with van der Waals surface area (Å²) in [4.78, 5) is 15.2. The van der Waals surface area contributed by atoms with Crippen LogP contribution in [0.25, 0.3) is 0 Å². The number of carboxylic acids is 1. The Morgan fingerprint density at radius 3 is 2.24 bits per heavy atom. The van der Waals surface area contributed by atoms with E-state index in [2.05, 4.69) is 9.80 Å². The highest BCUT2D eigenvalue weighted by molar-refractivity contribution is 6.42. The SMILES string of the molecule is O=C(O)CCN1CCN(CCc2ccc(Cl)c(Cl)c2)CC1. The fourth-order valence-electron chi connectivity index (χ4n) is 2.47. The van der Waals surface area contributed by atoms with E-state index in [9.17, 15) is 4.79 Å². The zero-order valence-electron chi connectivity index (χ0n) is 11.9. The number of aliphatic carboxylic acids is 1. The Morgan fingerprint density at radius 1 is 1.05 bits per heavy atom. The van der Waals surface area contributed by atoms with Gasteiger partial charge in [0.05, 0.1) is 16.5 Å². The van der Waals surface area contributed by atoms with Gasteiger partial charge < -0.3 is 14.9 Å². The molecule has 21 heavy (non-hydrogen) atoms. The minimum atomic E-state index is -0.725. The third-order valence-electron chi connectivity index (χ3n) is 3.81. The third-order valence-corrected chi connectivity index (χ3v) is 4.55. The van der Waals surface area contributed by atoms with Crippen LogP contribution in [0.5, 0.6) is 0 Å². The van der Waals surface area contributed by atoms with Crippen LogP contribution in [0.2, 0.25) is 10.0 Å². The lowest BCUT2D eigenvalue weighted by atomic mass is 10.1. The summed E-state index contributed by atoms with van der Waals surface area (Å²) in [6.45, 7) is 5.49. The fourth-order valence-corrected chi connectivity index (χ4v) is 2.79. The van der Waals surface area contributed by atoms with Crippen LogP contribution in [0.3, 0.4) is 0 Å². The smallest absolute Gasteiger partial charge is 0.304 e. The number of halogens is 2. The highest BCUT2D eigenvalue weighted by Gasteiger charge is 2.17.